The van der Waals surface area contributed by atoms with Gasteiger partial charge in [-0.2, -0.15) is 0 Å². The van der Waals surface area contributed by atoms with E-state index in [0.717, 1.165) is 47.6 Å². The van der Waals surface area contributed by atoms with E-state index < -0.39 is 0 Å². The molecule has 0 amide bonds. The largest absolute Gasteiger partial charge is 0.508 e. The van der Waals surface area contributed by atoms with Crippen LogP contribution in [0.2, 0.25) is 0 Å². The molecule has 1 saturated carbocycles. The minimum atomic E-state index is 0.0517. The molecule has 0 saturated heterocycles. The van der Waals surface area contributed by atoms with E-state index in [1.165, 1.54) is 5.56 Å². The molecule has 2 heterocycles. The lowest BCUT2D eigenvalue weighted by Gasteiger charge is -2.47. The summed E-state index contributed by atoms with van der Waals surface area (Å²) < 4.78 is 16.9. The number of nitrogens with zero attached hydrogens (tertiary/aromatic N) is 1. The second-order valence-electron chi connectivity index (χ2n) is 9.32. The smallest absolute Gasteiger partial charge is 0.161 e. The number of ether oxygens (including phenoxy) is 3. The van der Waals surface area contributed by atoms with Crippen molar-refractivity contribution in [1.29, 1.82) is 0 Å². The number of benzene rings is 1. The molecule has 3 aliphatic rings. The lowest BCUT2D eigenvalue weighted by molar-refractivity contribution is 0.170. The van der Waals surface area contributed by atoms with E-state index in [4.69, 9.17) is 14.2 Å². The van der Waals surface area contributed by atoms with Gasteiger partial charge in [-0.05, 0) is 47.6 Å². The zero-order chi connectivity index (χ0) is 22.3. The third kappa shape index (κ3) is 3.65. The number of methoxy groups -OCH3 is 2. The van der Waals surface area contributed by atoms with Gasteiger partial charge in [-0.15, -0.1) is 0 Å². The Hall–Kier alpha value is -2.66. The zero-order valence-corrected chi connectivity index (χ0v) is 19.0. The van der Waals surface area contributed by atoms with E-state index in [-0.39, 0.29) is 17.2 Å². The lowest BCUT2D eigenvalue weighted by Crippen LogP contribution is -2.45. The highest BCUT2D eigenvalue weighted by Crippen LogP contribution is 2.57. The fourth-order valence-electron chi connectivity index (χ4n) is 5.35. The fraction of sp³-hybridized carbons (Fsp3) is 0.462. The van der Waals surface area contributed by atoms with Crippen LogP contribution in [0.25, 0.3) is 5.70 Å². The molecule has 1 N–H and O–H groups in total. The maximum absolute atomic E-state index is 10.1. The Labute approximate surface area is 185 Å². The van der Waals surface area contributed by atoms with Gasteiger partial charge >= 0.3 is 0 Å². The first-order chi connectivity index (χ1) is 14.8. The van der Waals surface area contributed by atoms with Crippen LogP contribution in [0.1, 0.15) is 50.2 Å². The van der Waals surface area contributed by atoms with Crippen molar-refractivity contribution in [3.63, 3.8) is 0 Å². The number of aliphatic hydroxyl groups is 1. The maximum atomic E-state index is 10.1. The molecule has 31 heavy (non-hydrogen) atoms. The molecule has 1 aliphatic carbocycles. The molecule has 1 unspecified atom stereocenters. The number of fused-ring (bicyclic) bond motifs is 6. The van der Waals surface area contributed by atoms with E-state index in [1.807, 2.05) is 6.20 Å². The Morgan fingerprint density at radius 2 is 2.00 bits per heavy atom. The van der Waals surface area contributed by atoms with Crippen LogP contribution in [0.15, 0.2) is 54.5 Å². The minimum Gasteiger partial charge on any atom is -0.508 e. The van der Waals surface area contributed by atoms with Gasteiger partial charge in [-0.25, -0.2) is 0 Å². The Morgan fingerprint density at radius 3 is 2.68 bits per heavy atom. The average molecular weight is 424 g/mol. The van der Waals surface area contributed by atoms with Crippen molar-refractivity contribution in [3.8, 4) is 11.5 Å². The summed E-state index contributed by atoms with van der Waals surface area (Å²) in [6.07, 6.45) is 7.14. The predicted molar refractivity (Wildman–Crippen MR) is 123 cm³/mol. The summed E-state index contributed by atoms with van der Waals surface area (Å²) in [6.45, 7) is 13.8. The van der Waals surface area contributed by atoms with E-state index in [9.17, 15) is 5.11 Å². The van der Waals surface area contributed by atoms with Crippen LogP contribution in [0.5, 0.6) is 11.5 Å². The van der Waals surface area contributed by atoms with Crippen LogP contribution >= 0.6 is 0 Å². The van der Waals surface area contributed by atoms with Gasteiger partial charge in [-0.1, -0.05) is 27.0 Å². The molecular formula is C26H33NO4. The molecule has 1 aromatic rings. The van der Waals surface area contributed by atoms with Crippen molar-refractivity contribution < 1.29 is 19.3 Å². The van der Waals surface area contributed by atoms with Crippen molar-refractivity contribution in [2.24, 2.45) is 5.41 Å². The van der Waals surface area contributed by atoms with Gasteiger partial charge in [0.25, 0.3) is 0 Å². The average Bonchev–Trinajstić information content (AvgIpc) is 3.05. The first-order valence-electron chi connectivity index (χ1n) is 10.9. The predicted octanol–water partition coefficient (Wildman–Crippen LogP) is 5.56. The van der Waals surface area contributed by atoms with Gasteiger partial charge in [0.15, 0.2) is 11.5 Å². The Balaban J connectivity index is 1.82. The second kappa shape index (κ2) is 8.12. The van der Waals surface area contributed by atoms with Gasteiger partial charge in [0, 0.05) is 55.1 Å². The summed E-state index contributed by atoms with van der Waals surface area (Å²) in [5, 5.41) is 10.1. The third-order valence-corrected chi connectivity index (χ3v) is 6.86. The van der Waals surface area contributed by atoms with Crippen molar-refractivity contribution in [2.75, 3.05) is 27.4 Å². The van der Waals surface area contributed by atoms with E-state index in [2.05, 4.69) is 50.1 Å². The summed E-state index contributed by atoms with van der Waals surface area (Å²) in [7, 11) is 3.37. The summed E-state index contributed by atoms with van der Waals surface area (Å²) in [5.41, 5.74) is 5.10. The lowest BCUT2D eigenvalue weighted by atomic mass is 9.75. The number of hydrogen-bond donors (Lipinski definition) is 1. The summed E-state index contributed by atoms with van der Waals surface area (Å²) >= 11 is 0. The van der Waals surface area contributed by atoms with Crippen LogP contribution in [-0.2, 0) is 4.74 Å². The van der Waals surface area contributed by atoms with Crippen molar-refractivity contribution in [1.82, 2.24) is 4.90 Å². The molecule has 166 valence electrons. The third-order valence-electron chi connectivity index (χ3n) is 6.86. The summed E-state index contributed by atoms with van der Waals surface area (Å²) in [5.74, 6) is 1.92. The number of aliphatic hydroxyl groups excluding tert-OH is 1. The SMILES string of the molecule is C=C(O)C1=CN2C(=CC1=C)c1cc(OC)c(OCCCOC)cc1C1CCC(C)(C)[C@H]12. The number of rotatable bonds is 7. The zero-order valence-electron chi connectivity index (χ0n) is 19.0. The highest BCUT2D eigenvalue weighted by molar-refractivity contribution is 5.79. The molecule has 2 atom stereocenters. The Morgan fingerprint density at radius 1 is 1.23 bits per heavy atom. The van der Waals surface area contributed by atoms with Crippen molar-refractivity contribution in [2.45, 2.75) is 45.1 Å². The van der Waals surface area contributed by atoms with Gasteiger partial charge in [0.2, 0.25) is 0 Å². The molecule has 2 aliphatic heterocycles. The van der Waals surface area contributed by atoms with E-state index in [1.54, 1.807) is 14.2 Å². The quantitative estimate of drug-likeness (QED) is 0.459. The first-order valence-corrected chi connectivity index (χ1v) is 10.9. The summed E-state index contributed by atoms with van der Waals surface area (Å²) in [6, 6.07) is 4.54. The van der Waals surface area contributed by atoms with Crippen LogP contribution in [0.4, 0.5) is 0 Å². The number of allylic oxidation sites excluding steroid dienone is 2. The molecule has 0 bridgehead atoms. The Bertz CT molecular complexity index is 972. The molecule has 1 aromatic carbocycles. The van der Waals surface area contributed by atoms with Crippen molar-refractivity contribution in [3.05, 3.63) is 65.6 Å². The topological polar surface area (TPSA) is 51.2 Å². The first kappa shape index (κ1) is 21.6. The molecule has 1 fully saturated rings. The van der Waals surface area contributed by atoms with Gasteiger partial charge in [0.1, 0.15) is 5.76 Å². The molecule has 0 spiro atoms. The van der Waals surface area contributed by atoms with E-state index >= 15 is 0 Å². The Kier molecular flexibility index (Phi) is 5.65. The van der Waals surface area contributed by atoms with Gasteiger partial charge < -0.3 is 24.2 Å². The molecule has 5 nitrogen and oxygen atoms in total. The van der Waals surface area contributed by atoms with Crippen molar-refractivity contribution >= 4 is 5.70 Å². The second-order valence-corrected chi connectivity index (χ2v) is 9.32. The van der Waals surface area contributed by atoms with Crippen LogP contribution in [0, 0.1) is 5.41 Å². The molecular weight excluding hydrogens is 390 g/mol. The molecule has 0 radical (unpaired) electrons. The maximum Gasteiger partial charge on any atom is 0.161 e. The summed E-state index contributed by atoms with van der Waals surface area (Å²) in [4.78, 5) is 2.32. The van der Waals surface area contributed by atoms with E-state index in [0.29, 0.717) is 24.7 Å². The van der Waals surface area contributed by atoms with Crippen LogP contribution < -0.4 is 9.47 Å². The monoisotopic (exact) mass is 423 g/mol. The van der Waals surface area contributed by atoms with Crippen LogP contribution in [0.3, 0.4) is 0 Å². The molecule has 4 rings (SSSR count). The number of hydrogen-bond acceptors (Lipinski definition) is 5. The standard InChI is InChI=1S/C26H33NO4/c1-16-12-22-20-14-23(30-6)24(31-11-7-10-29-5)13-19(20)18-8-9-26(3,4)25(18)27(22)15-21(16)17(2)28/h12-15,18,25,28H,1-2,7-11H2,3-6H3/t18?,25-/m0/s1. The molecule has 5 heteroatoms. The van der Waals surface area contributed by atoms with Gasteiger partial charge in [0.05, 0.1) is 13.7 Å². The van der Waals surface area contributed by atoms with Crippen LogP contribution in [-0.4, -0.2) is 43.5 Å². The fourth-order valence-corrected chi connectivity index (χ4v) is 5.35. The highest BCUT2D eigenvalue weighted by atomic mass is 16.5. The molecule has 0 aromatic heterocycles. The normalized spacial score (nSPS) is 23.4. The minimum absolute atomic E-state index is 0.0517. The van der Waals surface area contributed by atoms with Gasteiger partial charge in [-0.3, -0.25) is 0 Å². The highest BCUT2D eigenvalue weighted by Gasteiger charge is 2.50.